The molecule has 1 heterocycles. The molecule has 0 atom stereocenters. The van der Waals surface area contributed by atoms with Gasteiger partial charge in [0, 0.05) is 12.3 Å². The lowest BCUT2D eigenvalue weighted by atomic mass is 10.2. The van der Waals surface area contributed by atoms with Gasteiger partial charge >= 0.3 is 6.18 Å². The molecule has 0 spiro atoms. The smallest absolute Gasteiger partial charge is 0.287 e. The van der Waals surface area contributed by atoms with Gasteiger partial charge in [-0.25, -0.2) is 4.68 Å². The lowest BCUT2D eigenvalue weighted by Crippen LogP contribution is -2.18. The summed E-state index contributed by atoms with van der Waals surface area (Å²) in [6.45, 7) is 6.07. The van der Waals surface area contributed by atoms with Gasteiger partial charge in [0.05, 0.1) is 11.3 Å². The Labute approximate surface area is 132 Å². The minimum atomic E-state index is -4.44. The number of aromatic nitrogens is 2. The number of alkyl halides is 3. The summed E-state index contributed by atoms with van der Waals surface area (Å²) in [5, 5.41) is 4.05. The molecule has 0 N–H and O–H groups in total. The van der Waals surface area contributed by atoms with Crippen LogP contribution in [-0.2, 0) is 6.18 Å². The van der Waals surface area contributed by atoms with Gasteiger partial charge < -0.3 is 0 Å². The minimum Gasteiger partial charge on any atom is -0.287 e. The molecule has 23 heavy (non-hydrogen) atoms. The SMILES string of the molecule is C[Si](C)(C)C#Cc1nn(-c2cccc(C(F)(F)F)c2)ccc1=O. The van der Waals surface area contributed by atoms with Crippen LogP contribution in [0.1, 0.15) is 11.3 Å². The van der Waals surface area contributed by atoms with Gasteiger partial charge in [-0.2, -0.15) is 18.3 Å². The summed E-state index contributed by atoms with van der Waals surface area (Å²) < 4.78 is 39.6. The maximum atomic E-state index is 12.8. The van der Waals surface area contributed by atoms with Crippen molar-refractivity contribution in [2.24, 2.45) is 0 Å². The highest BCUT2D eigenvalue weighted by atomic mass is 28.3. The molecular formula is C16H15F3N2OSi. The highest BCUT2D eigenvalue weighted by Gasteiger charge is 2.30. The molecule has 7 heteroatoms. The van der Waals surface area contributed by atoms with E-state index in [1.165, 1.54) is 29.1 Å². The van der Waals surface area contributed by atoms with Gasteiger partial charge in [0.2, 0.25) is 5.43 Å². The van der Waals surface area contributed by atoms with E-state index in [0.717, 1.165) is 12.1 Å². The largest absolute Gasteiger partial charge is 0.416 e. The van der Waals surface area contributed by atoms with E-state index in [4.69, 9.17) is 0 Å². The quantitative estimate of drug-likeness (QED) is 0.590. The van der Waals surface area contributed by atoms with Gasteiger partial charge in [0.1, 0.15) is 8.07 Å². The molecule has 0 bridgehead atoms. The van der Waals surface area contributed by atoms with Crippen molar-refractivity contribution in [2.45, 2.75) is 25.8 Å². The van der Waals surface area contributed by atoms with Gasteiger partial charge in [-0.15, -0.1) is 5.54 Å². The van der Waals surface area contributed by atoms with Crippen LogP contribution in [0, 0.1) is 11.5 Å². The predicted molar refractivity (Wildman–Crippen MR) is 85.1 cm³/mol. The molecule has 0 saturated heterocycles. The van der Waals surface area contributed by atoms with Crippen LogP contribution in [0.4, 0.5) is 13.2 Å². The first-order valence-electron chi connectivity index (χ1n) is 6.87. The number of hydrogen-bond acceptors (Lipinski definition) is 2. The number of rotatable bonds is 1. The fourth-order valence-electron chi connectivity index (χ4n) is 1.71. The Kier molecular flexibility index (Phi) is 4.48. The molecule has 0 saturated carbocycles. The van der Waals surface area contributed by atoms with E-state index in [9.17, 15) is 18.0 Å². The maximum absolute atomic E-state index is 12.8. The average Bonchev–Trinajstić information content (AvgIpc) is 2.45. The fraction of sp³-hybridized carbons (Fsp3) is 0.250. The second kappa shape index (κ2) is 6.05. The Morgan fingerprint density at radius 1 is 1.17 bits per heavy atom. The molecule has 0 aliphatic carbocycles. The number of benzene rings is 1. The normalized spacial score (nSPS) is 11.7. The fourth-order valence-corrected chi connectivity index (χ4v) is 2.20. The second-order valence-electron chi connectivity index (χ2n) is 6.02. The van der Waals surface area contributed by atoms with Crippen molar-refractivity contribution in [3.8, 4) is 17.2 Å². The van der Waals surface area contributed by atoms with Crippen LogP contribution >= 0.6 is 0 Å². The highest BCUT2D eigenvalue weighted by molar-refractivity contribution is 6.83. The molecule has 0 fully saturated rings. The summed E-state index contributed by atoms with van der Waals surface area (Å²) in [5.41, 5.74) is 2.16. The van der Waals surface area contributed by atoms with Crippen molar-refractivity contribution in [2.75, 3.05) is 0 Å². The maximum Gasteiger partial charge on any atom is 0.416 e. The molecule has 3 nitrogen and oxygen atoms in total. The molecule has 0 radical (unpaired) electrons. The second-order valence-corrected chi connectivity index (χ2v) is 10.8. The first kappa shape index (κ1) is 17.0. The third kappa shape index (κ3) is 4.57. The number of hydrogen-bond donors (Lipinski definition) is 0. The van der Waals surface area contributed by atoms with Crippen LogP contribution in [0.25, 0.3) is 5.69 Å². The zero-order valence-corrected chi connectivity index (χ0v) is 13.9. The summed E-state index contributed by atoms with van der Waals surface area (Å²) in [6.07, 6.45) is -3.10. The lowest BCUT2D eigenvalue weighted by molar-refractivity contribution is -0.137. The number of nitrogens with zero attached hydrogens (tertiary/aromatic N) is 2. The molecule has 0 aliphatic heterocycles. The predicted octanol–water partition coefficient (Wildman–Crippen LogP) is 3.48. The van der Waals surface area contributed by atoms with E-state index in [1.54, 1.807) is 0 Å². The Hall–Kier alpha value is -2.33. The molecular weight excluding hydrogens is 321 g/mol. The highest BCUT2D eigenvalue weighted by Crippen LogP contribution is 2.30. The standard InChI is InChI=1S/C16H15F3N2OSi/c1-23(2,3)10-8-14-15(22)7-9-21(20-14)13-6-4-5-12(11-13)16(17,18)19/h4-7,9,11H,1-3H3. The molecule has 0 aliphatic rings. The van der Waals surface area contributed by atoms with Gasteiger partial charge in [0.15, 0.2) is 5.69 Å². The van der Waals surface area contributed by atoms with E-state index >= 15 is 0 Å². The average molecular weight is 336 g/mol. The van der Waals surface area contributed by atoms with Crippen LogP contribution in [0.15, 0.2) is 41.3 Å². The molecule has 0 unspecified atom stereocenters. The van der Waals surface area contributed by atoms with Crippen molar-refractivity contribution in [3.63, 3.8) is 0 Å². The van der Waals surface area contributed by atoms with Gasteiger partial charge in [-0.1, -0.05) is 25.7 Å². The Morgan fingerprint density at radius 3 is 2.48 bits per heavy atom. The molecule has 2 rings (SSSR count). The monoisotopic (exact) mass is 336 g/mol. The van der Waals surface area contributed by atoms with E-state index in [0.29, 0.717) is 0 Å². The summed E-state index contributed by atoms with van der Waals surface area (Å²) in [6, 6.07) is 6.00. The van der Waals surface area contributed by atoms with Crippen molar-refractivity contribution in [1.29, 1.82) is 0 Å². The third-order valence-electron chi connectivity index (χ3n) is 2.80. The summed E-state index contributed by atoms with van der Waals surface area (Å²) in [7, 11) is -1.69. The minimum absolute atomic E-state index is 0.0346. The van der Waals surface area contributed by atoms with E-state index in [2.05, 4.69) is 16.6 Å². The molecule has 120 valence electrons. The summed E-state index contributed by atoms with van der Waals surface area (Å²) in [5.74, 6) is 2.75. The van der Waals surface area contributed by atoms with Gasteiger partial charge in [0.25, 0.3) is 0 Å². The number of halogens is 3. The van der Waals surface area contributed by atoms with E-state index in [1.807, 2.05) is 19.6 Å². The first-order chi connectivity index (χ1) is 10.6. The van der Waals surface area contributed by atoms with E-state index in [-0.39, 0.29) is 16.8 Å². The van der Waals surface area contributed by atoms with Gasteiger partial charge in [-0.3, -0.25) is 4.79 Å². The van der Waals surface area contributed by atoms with Crippen molar-refractivity contribution >= 4 is 8.07 Å². The third-order valence-corrected chi connectivity index (χ3v) is 3.68. The van der Waals surface area contributed by atoms with Crippen molar-refractivity contribution < 1.29 is 13.2 Å². The van der Waals surface area contributed by atoms with Crippen LogP contribution in [0.5, 0.6) is 0 Å². The molecule has 1 aromatic heterocycles. The van der Waals surface area contributed by atoms with Crippen LogP contribution in [-0.4, -0.2) is 17.9 Å². The Morgan fingerprint density at radius 2 is 1.87 bits per heavy atom. The van der Waals surface area contributed by atoms with Crippen molar-refractivity contribution in [3.05, 3.63) is 58.0 Å². The summed E-state index contributed by atoms with van der Waals surface area (Å²) in [4.78, 5) is 11.8. The topological polar surface area (TPSA) is 34.9 Å². The summed E-state index contributed by atoms with van der Waals surface area (Å²) >= 11 is 0. The lowest BCUT2D eigenvalue weighted by Gasteiger charge is -2.10. The Bertz CT molecular complexity index is 839. The van der Waals surface area contributed by atoms with Gasteiger partial charge in [-0.05, 0) is 24.1 Å². The molecule has 2 aromatic rings. The van der Waals surface area contributed by atoms with E-state index < -0.39 is 19.8 Å². The van der Waals surface area contributed by atoms with Crippen molar-refractivity contribution in [1.82, 2.24) is 9.78 Å². The van der Waals surface area contributed by atoms with Crippen LogP contribution in [0.2, 0.25) is 19.6 Å². The zero-order valence-electron chi connectivity index (χ0n) is 12.9. The molecule has 0 amide bonds. The first-order valence-corrected chi connectivity index (χ1v) is 10.4. The zero-order chi connectivity index (χ0) is 17.3. The van der Waals surface area contributed by atoms with Crippen LogP contribution in [0.3, 0.4) is 0 Å². The van der Waals surface area contributed by atoms with Crippen LogP contribution < -0.4 is 5.43 Å². The molecule has 1 aromatic carbocycles. The Balaban J connectivity index is 2.50.